The molecule has 0 bridgehead atoms. The van der Waals surface area contributed by atoms with E-state index in [9.17, 15) is 9.59 Å². The van der Waals surface area contributed by atoms with Gasteiger partial charge in [-0.1, -0.05) is 26.0 Å². The number of methoxy groups -OCH3 is 1. The normalized spacial score (nSPS) is 13.5. The zero-order valence-electron chi connectivity index (χ0n) is 15.0. The van der Waals surface area contributed by atoms with Gasteiger partial charge >= 0.3 is 5.97 Å². The largest absolute Gasteiger partial charge is 0.497 e. The van der Waals surface area contributed by atoms with Gasteiger partial charge in [-0.15, -0.1) is 0 Å². The Bertz CT molecular complexity index is 540. The number of amides is 1. The van der Waals surface area contributed by atoms with Gasteiger partial charge in [-0.2, -0.15) is 0 Å². The quantitative estimate of drug-likeness (QED) is 0.705. The fourth-order valence-electron chi connectivity index (χ4n) is 2.08. The number of benzene rings is 1. The van der Waals surface area contributed by atoms with Gasteiger partial charge in [-0.3, -0.25) is 4.79 Å². The molecule has 6 nitrogen and oxygen atoms in total. The van der Waals surface area contributed by atoms with Gasteiger partial charge in [0.25, 0.3) is 0 Å². The number of hydrogen-bond acceptors (Lipinski definition) is 5. The Morgan fingerprint density at radius 2 is 1.71 bits per heavy atom. The second-order valence-electron chi connectivity index (χ2n) is 6.37. The van der Waals surface area contributed by atoms with Crippen LogP contribution >= 0.6 is 0 Å². The van der Waals surface area contributed by atoms with Crippen molar-refractivity contribution in [2.75, 3.05) is 7.11 Å². The fourth-order valence-corrected chi connectivity index (χ4v) is 2.08. The van der Waals surface area contributed by atoms with Gasteiger partial charge in [0.15, 0.2) is 0 Å². The van der Waals surface area contributed by atoms with E-state index in [0.717, 1.165) is 11.3 Å². The van der Waals surface area contributed by atoms with Crippen molar-refractivity contribution in [1.29, 1.82) is 0 Å². The molecular weight excluding hydrogens is 308 g/mol. The summed E-state index contributed by atoms with van der Waals surface area (Å²) >= 11 is 0. The van der Waals surface area contributed by atoms with Gasteiger partial charge in [0, 0.05) is 6.42 Å². The summed E-state index contributed by atoms with van der Waals surface area (Å²) < 4.78 is 10.4. The predicted octanol–water partition coefficient (Wildman–Crippen LogP) is 1.66. The predicted molar refractivity (Wildman–Crippen MR) is 92.7 cm³/mol. The molecule has 0 radical (unpaired) electrons. The Kier molecular flexibility index (Phi) is 7.71. The van der Waals surface area contributed by atoms with Crippen molar-refractivity contribution in [3.8, 4) is 5.75 Å². The molecule has 2 atom stereocenters. The molecule has 0 aliphatic rings. The molecule has 0 aliphatic heterocycles. The molecule has 1 rings (SSSR count). The summed E-state index contributed by atoms with van der Waals surface area (Å²) in [5.74, 6) is -0.118. The van der Waals surface area contributed by atoms with Crippen LogP contribution < -0.4 is 15.8 Å². The van der Waals surface area contributed by atoms with Gasteiger partial charge in [-0.25, -0.2) is 4.79 Å². The monoisotopic (exact) mass is 336 g/mol. The van der Waals surface area contributed by atoms with Crippen LogP contribution in [0.2, 0.25) is 0 Å². The summed E-state index contributed by atoms with van der Waals surface area (Å²) in [6.07, 6.45) is 0.0677. The van der Waals surface area contributed by atoms with Crippen LogP contribution in [0.4, 0.5) is 0 Å². The number of carbonyl (C=O) groups is 2. The molecule has 0 aromatic heterocycles. The average Bonchev–Trinajstić information content (AvgIpc) is 2.53. The summed E-state index contributed by atoms with van der Waals surface area (Å²) in [7, 11) is 1.59. The van der Waals surface area contributed by atoms with Crippen LogP contribution in [0.3, 0.4) is 0 Å². The third kappa shape index (κ3) is 6.20. The van der Waals surface area contributed by atoms with Crippen LogP contribution in [0.1, 0.15) is 33.3 Å². The van der Waals surface area contributed by atoms with E-state index in [1.807, 2.05) is 38.1 Å². The number of rotatable bonds is 8. The topological polar surface area (TPSA) is 90.6 Å². The SMILES string of the molecule is COc1ccc(CC(NC(=O)C(N)C(C)C)C(=O)OC(C)C)cc1. The molecule has 1 aromatic carbocycles. The van der Waals surface area contributed by atoms with Crippen molar-refractivity contribution < 1.29 is 19.1 Å². The Balaban J connectivity index is 2.87. The van der Waals surface area contributed by atoms with E-state index in [1.54, 1.807) is 21.0 Å². The van der Waals surface area contributed by atoms with Gasteiger partial charge in [0.2, 0.25) is 5.91 Å². The molecule has 0 aliphatic carbocycles. The Labute approximate surface area is 143 Å². The van der Waals surface area contributed by atoms with Crippen LogP contribution in [0.25, 0.3) is 0 Å². The Morgan fingerprint density at radius 3 is 2.17 bits per heavy atom. The van der Waals surface area contributed by atoms with Crippen LogP contribution in [-0.4, -0.2) is 37.2 Å². The molecule has 0 saturated heterocycles. The number of ether oxygens (including phenoxy) is 2. The lowest BCUT2D eigenvalue weighted by Crippen LogP contribution is -2.51. The van der Waals surface area contributed by atoms with Crippen LogP contribution in [0.5, 0.6) is 5.75 Å². The maximum atomic E-state index is 12.3. The van der Waals surface area contributed by atoms with Crippen molar-refractivity contribution in [2.24, 2.45) is 11.7 Å². The minimum atomic E-state index is -0.780. The van der Waals surface area contributed by atoms with Crippen molar-refractivity contribution in [3.63, 3.8) is 0 Å². The summed E-state index contributed by atoms with van der Waals surface area (Å²) in [6, 6.07) is 5.86. The molecule has 0 fully saturated rings. The van der Waals surface area contributed by atoms with Gasteiger partial charge in [0.1, 0.15) is 11.8 Å². The van der Waals surface area contributed by atoms with Crippen LogP contribution in [0, 0.1) is 5.92 Å². The third-order valence-electron chi connectivity index (χ3n) is 3.57. The lowest BCUT2D eigenvalue weighted by Gasteiger charge is -2.22. The number of esters is 1. The van der Waals surface area contributed by atoms with Gasteiger partial charge in [-0.05, 0) is 37.5 Å². The number of carbonyl (C=O) groups excluding carboxylic acids is 2. The van der Waals surface area contributed by atoms with E-state index in [4.69, 9.17) is 15.2 Å². The van der Waals surface area contributed by atoms with Gasteiger partial charge < -0.3 is 20.5 Å². The van der Waals surface area contributed by atoms with Crippen LogP contribution in [-0.2, 0) is 20.7 Å². The van der Waals surface area contributed by atoms with E-state index in [-0.39, 0.29) is 17.9 Å². The zero-order valence-corrected chi connectivity index (χ0v) is 15.0. The highest BCUT2D eigenvalue weighted by atomic mass is 16.5. The summed E-state index contributed by atoms with van der Waals surface area (Å²) in [6.45, 7) is 7.25. The highest BCUT2D eigenvalue weighted by molar-refractivity contribution is 5.87. The molecule has 0 saturated carbocycles. The van der Waals surface area contributed by atoms with Crippen molar-refractivity contribution in [1.82, 2.24) is 5.32 Å². The maximum Gasteiger partial charge on any atom is 0.329 e. The second-order valence-corrected chi connectivity index (χ2v) is 6.37. The highest BCUT2D eigenvalue weighted by Gasteiger charge is 2.27. The molecular formula is C18H28N2O4. The Hall–Kier alpha value is -2.08. The first kappa shape index (κ1) is 20.0. The molecule has 6 heteroatoms. The van der Waals surface area contributed by atoms with Crippen molar-refractivity contribution >= 4 is 11.9 Å². The first-order valence-corrected chi connectivity index (χ1v) is 8.14. The number of nitrogens with two attached hydrogens (primary N) is 1. The molecule has 0 spiro atoms. The van der Waals surface area contributed by atoms with Gasteiger partial charge in [0.05, 0.1) is 19.3 Å². The van der Waals surface area contributed by atoms with E-state index in [1.165, 1.54) is 0 Å². The van der Waals surface area contributed by atoms with E-state index in [2.05, 4.69) is 5.32 Å². The highest BCUT2D eigenvalue weighted by Crippen LogP contribution is 2.14. The third-order valence-corrected chi connectivity index (χ3v) is 3.57. The maximum absolute atomic E-state index is 12.3. The summed E-state index contributed by atoms with van der Waals surface area (Å²) in [4.78, 5) is 24.5. The molecule has 134 valence electrons. The Morgan fingerprint density at radius 1 is 1.12 bits per heavy atom. The number of nitrogens with one attached hydrogen (secondary N) is 1. The molecule has 3 N–H and O–H groups in total. The molecule has 2 unspecified atom stereocenters. The van der Waals surface area contributed by atoms with Crippen molar-refractivity contribution in [2.45, 2.75) is 52.3 Å². The minimum absolute atomic E-state index is 0.0206. The minimum Gasteiger partial charge on any atom is -0.497 e. The fraction of sp³-hybridized carbons (Fsp3) is 0.556. The van der Waals surface area contributed by atoms with Crippen LogP contribution in [0.15, 0.2) is 24.3 Å². The van der Waals surface area contributed by atoms with E-state index >= 15 is 0 Å². The standard InChI is InChI=1S/C18H28N2O4/c1-11(2)16(19)17(21)20-15(18(22)24-12(3)4)10-13-6-8-14(23-5)9-7-13/h6-9,11-12,15-16H,10,19H2,1-5H3,(H,20,21). The first-order valence-electron chi connectivity index (χ1n) is 8.14. The van der Waals surface area contributed by atoms with E-state index in [0.29, 0.717) is 6.42 Å². The molecule has 24 heavy (non-hydrogen) atoms. The molecule has 1 aromatic rings. The van der Waals surface area contributed by atoms with E-state index < -0.39 is 18.1 Å². The second kappa shape index (κ2) is 9.27. The first-order chi connectivity index (χ1) is 11.2. The lowest BCUT2D eigenvalue weighted by molar-refractivity contribution is -0.151. The number of hydrogen-bond donors (Lipinski definition) is 2. The zero-order chi connectivity index (χ0) is 18.3. The smallest absolute Gasteiger partial charge is 0.329 e. The molecule has 0 heterocycles. The summed E-state index contributed by atoms with van der Waals surface area (Å²) in [5, 5.41) is 2.71. The molecule has 1 amide bonds. The average molecular weight is 336 g/mol. The lowest BCUT2D eigenvalue weighted by atomic mass is 10.0. The van der Waals surface area contributed by atoms with Crippen molar-refractivity contribution in [3.05, 3.63) is 29.8 Å². The summed E-state index contributed by atoms with van der Waals surface area (Å²) in [5.41, 5.74) is 6.75.